The lowest BCUT2D eigenvalue weighted by Crippen LogP contribution is -2.40. The number of hydrogen-bond acceptors (Lipinski definition) is 6. The molecular weight excluding hydrogens is 482 g/mol. The zero-order valence-corrected chi connectivity index (χ0v) is 19.9. The molecule has 2 aliphatic rings. The van der Waals surface area contributed by atoms with E-state index in [4.69, 9.17) is 36.1 Å². The molecule has 0 aliphatic carbocycles. The molecule has 182 valence electrons. The smallest absolute Gasteiger partial charge is 0.414 e. The van der Waals surface area contributed by atoms with Gasteiger partial charge in [-0.25, -0.2) is 9.59 Å². The monoisotopic (exact) mass is 507 g/mol. The predicted octanol–water partition coefficient (Wildman–Crippen LogP) is 4.06. The number of nitrogens with zero attached hydrogens (tertiary/aromatic N) is 1. The van der Waals surface area contributed by atoms with Gasteiger partial charge in [0.15, 0.2) is 0 Å². The Labute approximate surface area is 206 Å². The molecule has 2 unspecified atom stereocenters. The molecule has 1 saturated heterocycles. The molecule has 3 N–H and O–H groups in total. The number of likely N-dealkylation sites (tertiary alicyclic amines) is 1. The van der Waals surface area contributed by atoms with Gasteiger partial charge < -0.3 is 25.0 Å². The minimum atomic E-state index is -1.82. The highest BCUT2D eigenvalue weighted by molar-refractivity contribution is 7.99. The third-order valence-electron chi connectivity index (χ3n) is 5.68. The van der Waals surface area contributed by atoms with Gasteiger partial charge in [0.2, 0.25) is 0 Å². The average molecular weight is 508 g/mol. The van der Waals surface area contributed by atoms with Crippen LogP contribution in [0.25, 0.3) is 0 Å². The van der Waals surface area contributed by atoms with Crippen molar-refractivity contribution in [3.05, 3.63) is 58.6 Å². The lowest BCUT2D eigenvalue weighted by molar-refractivity contribution is -0.159. The first kappa shape index (κ1) is 26.0. The van der Waals surface area contributed by atoms with Gasteiger partial charge in [-0.1, -0.05) is 41.6 Å². The highest BCUT2D eigenvalue weighted by atomic mass is 35.5. The summed E-state index contributed by atoms with van der Waals surface area (Å²) in [5, 5.41) is 24.8. The second-order valence-electron chi connectivity index (χ2n) is 8.04. The largest absolute Gasteiger partial charge is 0.481 e. The number of piperidine rings is 1. The van der Waals surface area contributed by atoms with Crippen molar-refractivity contribution in [2.75, 3.05) is 26.2 Å². The minimum absolute atomic E-state index is 0.0510. The van der Waals surface area contributed by atoms with Crippen molar-refractivity contribution in [3.8, 4) is 0 Å². The van der Waals surface area contributed by atoms with E-state index < -0.39 is 17.9 Å². The van der Waals surface area contributed by atoms with Gasteiger partial charge in [0.05, 0.1) is 18.6 Å². The molecule has 2 atom stereocenters. The summed E-state index contributed by atoms with van der Waals surface area (Å²) in [6, 6.07) is 14.5. The van der Waals surface area contributed by atoms with Gasteiger partial charge in [-0.05, 0) is 54.8 Å². The van der Waals surface area contributed by atoms with Crippen molar-refractivity contribution in [1.29, 1.82) is 0 Å². The van der Waals surface area contributed by atoms with Gasteiger partial charge in [0.25, 0.3) is 0 Å². The number of aliphatic carboxylic acids is 3. The van der Waals surface area contributed by atoms with Crippen LogP contribution in [0.3, 0.4) is 0 Å². The second-order valence-corrected chi connectivity index (χ2v) is 9.56. The van der Waals surface area contributed by atoms with E-state index in [0.717, 1.165) is 42.9 Å². The lowest BCUT2D eigenvalue weighted by Gasteiger charge is -2.31. The molecule has 8 nitrogen and oxygen atoms in total. The minimum Gasteiger partial charge on any atom is -0.481 e. The molecule has 2 aromatic carbocycles. The number of carbonyl (C=O) groups is 3. The highest BCUT2D eigenvalue weighted by Crippen LogP contribution is 2.42. The van der Waals surface area contributed by atoms with E-state index in [9.17, 15) is 9.90 Å². The summed E-state index contributed by atoms with van der Waals surface area (Å²) in [7, 11) is 0. The lowest BCUT2D eigenvalue weighted by atomic mass is 9.98. The van der Waals surface area contributed by atoms with E-state index in [-0.39, 0.29) is 12.0 Å². The second kappa shape index (κ2) is 12.2. The van der Waals surface area contributed by atoms with E-state index in [1.54, 1.807) is 11.8 Å². The van der Waals surface area contributed by atoms with Crippen molar-refractivity contribution >= 4 is 41.3 Å². The molecule has 0 aromatic heterocycles. The van der Waals surface area contributed by atoms with Crippen LogP contribution in [0, 0.1) is 5.92 Å². The number of carboxylic acids is 3. The number of ether oxygens (including phenoxy) is 1. The van der Waals surface area contributed by atoms with Gasteiger partial charge in [0, 0.05) is 34.3 Å². The van der Waals surface area contributed by atoms with Crippen molar-refractivity contribution in [1.82, 2.24) is 4.90 Å². The Bertz CT molecular complexity index is 1040. The molecule has 0 spiro atoms. The first-order valence-corrected chi connectivity index (χ1v) is 12.0. The van der Waals surface area contributed by atoms with Gasteiger partial charge in [-0.2, -0.15) is 0 Å². The van der Waals surface area contributed by atoms with Crippen LogP contribution in [0.4, 0.5) is 0 Å². The fraction of sp³-hybridized carbons (Fsp3) is 0.375. The number of benzene rings is 2. The highest BCUT2D eigenvalue weighted by Gasteiger charge is 2.26. The van der Waals surface area contributed by atoms with Crippen LogP contribution in [0.15, 0.2) is 52.3 Å². The molecule has 0 bridgehead atoms. The normalized spacial score (nSPS) is 19.6. The maximum Gasteiger partial charge on any atom is 0.414 e. The Morgan fingerprint density at radius 2 is 1.79 bits per heavy atom. The van der Waals surface area contributed by atoms with Crippen LogP contribution < -0.4 is 0 Å². The number of fused-ring (bicyclic) bond motifs is 2. The Morgan fingerprint density at radius 3 is 2.50 bits per heavy atom. The first-order valence-electron chi connectivity index (χ1n) is 10.8. The molecule has 0 saturated carbocycles. The van der Waals surface area contributed by atoms with Crippen molar-refractivity contribution in [3.63, 3.8) is 0 Å². The van der Waals surface area contributed by atoms with Crippen LogP contribution in [0.2, 0.25) is 5.02 Å². The summed E-state index contributed by atoms with van der Waals surface area (Å²) in [5.41, 5.74) is 2.42. The predicted molar refractivity (Wildman–Crippen MR) is 126 cm³/mol. The van der Waals surface area contributed by atoms with Gasteiger partial charge in [-0.3, -0.25) is 4.79 Å². The molecule has 34 heavy (non-hydrogen) atoms. The molecule has 0 amide bonds. The van der Waals surface area contributed by atoms with Gasteiger partial charge in [0.1, 0.15) is 0 Å². The van der Waals surface area contributed by atoms with Crippen molar-refractivity contribution in [2.45, 2.75) is 35.2 Å². The maximum absolute atomic E-state index is 11.3. The van der Waals surface area contributed by atoms with Crippen LogP contribution >= 0.6 is 23.4 Å². The number of rotatable bonds is 5. The SMILES string of the molecule is O=C(O)C(=O)O.O=C(O)C1CCCN(CCOC2Cc3ccccc3Sc3ccc(Cl)cc32)C1. The molecule has 0 radical (unpaired) electrons. The summed E-state index contributed by atoms with van der Waals surface area (Å²) >= 11 is 8.05. The van der Waals surface area contributed by atoms with Gasteiger partial charge >= 0.3 is 17.9 Å². The summed E-state index contributed by atoms with van der Waals surface area (Å²) in [5.74, 6) is -4.59. The summed E-state index contributed by atoms with van der Waals surface area (Å²) in [4.78, 5) is 34.1. The Hall–Kier alpha value is -2.59. The molecule has 10 heteroatoms. The molecular formula is C24H26ClNO7S. The Balaban J connectivity index is 0.000000481. The van der Waals surface area contributed by atoms with Crippen LogP contribution in [0.1, 0.15) is 30.1 Å². The molecule has 1 fully saturated rings. The Morgan fingerprint density at radius 1 is 1.06 bits per heavy atom. The fourth-order valence-corrected chi connectivity index (χ4v) is 5.29. The third-order valence-corrected chi connectivity index (χ3v) is 7.13. The van der Waals surface area contributed by atoms with Crippen LogP contribution in [-0.2, 0) is 25.5 Å². The molecule has 4 rings (SSSR count). The number of carboxylic acid groups (broad SMARTS) is 3. The van der Waals surface area contributed by atoms with Gasteiger partial charge in [-0.15, -0.1) is 0 Å². The first-order chi connectivity index (χ1) is 16.2. The van der Waals surface area contributed by atoms with Crippen LogP contribution in [0.5, 0.6) is 0 Å². The summed E-state index contributed by atoms with van der Waals surface area (Å²) < 4.78 is 6.34. The fourth-order valence-electron chi connectivity index (χ4n) is 4.00. The van der Waals surface area contributed by atoms with E-state index in [2.05, 4.69) is 35.2 Å². The zero-order valence-electron chi connectivity index (χ0n) is 18.4. The molecule has 2 heterocycles. The number of halogens is 1. The maximum atomic E-state index is 11.3. The van der Waals surface area contributed by atoms with E-state index in [1.807, 2.05) is 12.1 Å². The Kier molecular flexibility index (Phi) is 9.35. The van der Waals surface area contributed by atoms with E-state index >= 15 is 0 Å². The van der Waals surface area contributed by atoms with Crippen molar-refractivity contribution < 1.29 is 34.4 Å². The topological polar surface area (TPSA) is 124 Å². The van der Waals surface area contributed by atoms with Crippen LogP contribution in [-0.4, -0.2) is 64.4 Å². The van der Waals surface area contributed by atoms with E-state index in [1.165, 1.54) is 15.4 Å². The summed E-state index contributed by atoms with van der Waals surface area (Å²) in [6.45, 7) is 2.89. The molecule has 2 aliphatic heterocycles. The quantitative estimate of drug-likeness (QED) is 0.514. The molecule has 2 aromatic rings. The summed E-state index contributed by atoms with van der Waals surface area (Å²) in [6.07, 6.45) is 2.47. The van der Waals surface area contributed by atoms with Crippen molar-refractivity contribution in [2.24, 2.45) is 5.92 Å². The van der Waals surface area contributed by atoms with E-state index in [0.29, 0.717) is 13.2 Å². The third kappa shape index (κ3) is 7.20. The average Bonchev–Trinajstić information content (AvgIpc) is 2.96. The number of hydrogen-bond donors (Lipinski definition) is 3. The standard InChI is InChI=1S/C22H24ClNO3S.C2H2O4/c23-17-7-8-21-18(13-17)19(12-15-4-1-2-6-20(15)28-21)27-11-10-24-9-3-5-16(14-24)22(25)26;3-1(4)2(5)6/h1-2,4,6-8,13,16,19H,3,5,9-12,14H2,(H,25,26);(H,3,4)(H,5,6). The zero-order chi connectivity index (χ0) is 24.7.